The van der Waals surface area contributed by atoms with E-state index in [1.54, 1.807) is 30.3 Å². The minimum absolute atomic E-state index is 0.283. The van der Waals surface area contributed by atoms with Crippen molar-refractivity contribution in [1.29, 1.82) is 0 Å². The number of carboxylic acids is 1. The smallest absolute Gasteiger partial charge is 0.336 e. The van der Waals surface area contributed by atoms with Gasteiger partial charge < -0.3 is 5.11 Å². The third-order valence-electron chi connectivity index (χ3n) is 3.15. The average Bonchev–Trinajstić information content (AvgIpc) is 2.39. The molecule has 0 fully saturated rings. The lowest BCUT2D eigenvalue weighted by molar-refractivity contribution is 0.0699. The molecule has 2 nitrogen and oxygen atoms in total. The molecule has 1 N–H and O–H groups in total. The van der Waals surface area contributed by atoms with Gasteiger partial charge >= 0.3 is 5.97 Å². The van der Waals surface area contributed by atoms with E-state index in [1.807, 2.05) is 12.1 Å². The van der Waals surface area contributed by atoms with Gasteiger partial charge in [-0.15, -0.1) is 0 Å². The van der Waals surface area contributed by atoms with Gasteiger partial charge in [0.1, 0.15) is 0 Å². The first-order chi connectivity index (χ1) is 9.08. The Balaban J connectivity index is 2.50. The number of benzene rings is 3. The van der Waals surface area contributed by atoms with Crippen molar-refractivity contribution in [2.75, 3.05) is 0 Å². The normalized spacial score (nSPS) is 11.1. The van der Waals surface area contributed by atoms with Crippen molar-refractivity contribution < 1.29 is 9.90 Å². The van der Waals surface area contributed by atoms with Crippen molar-refractivity contribution in [3.05, 3.63) is 58.1 Å². The van der Waals surface area contributed by atoms with Gasteiger partial charge in [-0.1, -0.05) is 47.5 Å². The second-order valence-corrected chi connectivity index (χ2v) is 5.07. The summed E-state index contributed by atoms with van der Waals surface area (Å²) in [5, 5.41) is 13.5. The Kier molecular flexibility index (Phi) is 2.85. The van der Waals surface area contributed by atoms with Gasteiger partial charge in [-0.2, -0.15) is 0 Å². The molecule has 0 bridgehead atoms. The van der Waals surface area contributed by atoms with Crippen LogP contribution in [0.4, 0.5) is 0 Å². The van der Waals surface area contributed by atoms with E-state index in [0.29, 0.717) is 15.4 Å². The molecule has 0 aliphatic rings. The highest BCUT2D eigenvalue weighted by Gasteiger charge is 2.11. The van der Waals surface area contributed by atoms with E-state index < -0.39 is 5.97 Å². The fourth-order valence-corrected chi connectivity index (χ4v) is 2.61. The lowest BCUT2D eigenvalue weighted by Crippen LogP contribution is -1.97. The molecular weight excluding hydrogens is 283 g/mol. The van der Waals surface area contributed by atoms with E-state index in [1.165, 1.54) is 0 Å². The summed E-state index contributed by atoms with van der Waals surface area (Å²) in [6.45, 7) is 0. The van der Waals surface area contributed by atoms with Gasteiger partial charge in [-0.25, -0.2) is 4.79 Å². The first kappa shape index (κ1) is 12.3. The Labute approximate surface area is 119 Å². The Bertz CT molecular complexity index is 825. The van der Waals surface area contributed by atoms with Crippen molar-refractivity contribution in [1.82, 2.24) is 0 Å². The number of hydrogen-bond acceptors (Lipinski definition) is 1. The molecule has 0 radical (unpaired) electrons. The molecule has 0 atom stereocenters. The SMILES string of the molecule is O=C(O)c1cccc2c1ccc1cc(Cl)c(Cl)cc12. The Hall–Kier alpha value is -1.77. The van der Waals surface area contributed by atoms with E-state index >= 15 is 0 Å². The summed E-state index contributed by atoms with van der Waals surface area (Å²) in [5.41, 5.74) is 0.283. The fourth-order valence-electron chi connectivity index (χ4n) is 2.27. The summed E-state index contributed by atoms with van der Waals surface area (Å²) in [6, 6.07) is 12.4. The molecule has 0 aromatic heterocycles. The van der Waals surface area contributed by atoms with Crippen molar-refractivity contribution in [3.8, 4) is 0 Å². The molecule has 0 saturated heterocycles. The molecule has 3 rings (SSSR count). The molecular formula is C15H8Cl2O2. The molecule has 19 heavy (non-hydrogen) atoms. The first-order valence-corrected chi connectivity index (χ1v) is 6.37. The summed E-state index contributed by atoms with van der Waals surface area (Å²) in [7, 11) is 0. The monoisotopic (exact) mass is 290 g/mol. The van der Waals surface area contributed by atoms with Crippen molar-refractivity contribution in [2.24, 2.45) is 0 Å². The van der Waals surface area contributed by atoms with E-state index in [-0.39, 0.29) is 5.56 Å². The molecule has 4 heteroatoms. The van der Waals surface area contributed by atoms with Gasteiger partial charge in [0.2, 0.25) is 0 Å². The third-order valence-corrected chi connectivity index (χ3v) is 3.87. The largest absolute Gasteiger partial charge is 0.478 e. The lowest BCUT2D eigenvalue weighted by atomic mass is 9.98. The summed E-state index contributed by atoms with van der Waals surface area (Å²) in [5.74, 6) is -0.940. The predicted octanol–water partition coefficient (Wildman–Crippen LogP) is 5.00. The summed E-state index contributed by atoms with van der Waals surface area (Å²) >= 11 is 12.0. The van der Waals surface area contributed by atoms with Gasteiger partial charge in [0, 0.05) is 0 Å². The van der Waals surface area contributed by atoms with Crippen LogP contribution in [0, 0.1) is 0 Å². The average molecular weight is 291 g/mol. The van der Waals surface area contributed by atoms with E-state index in [4.69, 9.17) is 23.2 Å². The molecule has 0 spiro atoms. The number of carbonyl (C=O) groups is 1. The molecule has 3 aromatic rings. The molecule has 94 valence electrons. The standard InChI is InChI=1S/C15H8Cl2O2/c16-13-6-8-4-5-10-9(12(8)7-14(13)17)2-1-3-11(10)15(18)19/h1-7H,(H,18,19). The zero-order chi connectivity index (χ0) is 13.6. The predicted molar refractivity (Wildman–Crippen MR) is 78.4 cm³/mol. The molecule has 0 unspecified atom stereocenters. The molecule has 0 amide bonds. The van der Waals surface area contributed by atoms with Crippen LogP contribution in [-0.2, 0) is 0 Å². The molecule has 0 aliphatic heterocycles. The summed E-state index contributed by atoms with van der Waals surface area (Å²) in [6.07, 6.45) is 0. The van der Waals surface area contributed by atoms with Crippen molar-refractivity contribution >= 4 is 50.7 Å². The van der Waals surface area contributed by atoms with Crippen LogP contribution in [-0.4, -0.2) is 11.1 Å². The molecule has 0 saturated carbocycles. The van der Waals surface area contributed by atoms with Crippen LogP contribution in [0.5, 0.6) is 0 Å². The topological polar surface area (TPSA) is 37.3 Å². The van der Waals surface area contributed by atoms with Crippen molar-refractivity contribution in [2.45, 2.75) is 0 Å². The minimum atomic E-state index is -0.940. The van der Waals surface area contributed by atoms with E-state index in [9.17, 15) is 9.90 Å². The Morgan fingerprint density at radius 2 is 1.63 bits per heavy atom. The van der Waals surface area contributed by atoms with Gasteiger partial charge in [0.25, 0.3) is 0 Å². The molecule has 0 aliphatic carbocycles. The highest BCUT2D eigenvalue weighted by molar-refractivity contribution is 6.43. The van der Waals surface area contributed by atoms with Crippen LogP contribution >= 0.6 is 23.2 Å². The minimum Gasteiger partial charge on any atom is -0.478 e. The molecule has 0 heterocycles. The van der Waals surface area contributed by atoms with Crippen molar-refractivity contribution in [3.63, 3.8) is 0 Å². The van der Waals surface area contributed by atoms with E-state index in [0.717, 1.165) is 16.2 Å². The highest BCUT2D eigenvalue weighted by Crippen LogP contribution is 2.33. The maximum Gasteiger partial charge on any atom is 0.336 e. The summed E-state index contributed by atoms with van der Waals surface area (Å²) < 4.78 is 0. The van der Waals surface area contributed by atoms with Crippen LogP contribution in [0.3, 0.4) is 0 Å². The number of rotatable bonds is 1. The quantitative estimate of drug-likeness (QED) is 0.641. The third kappa shape index (κ3) is 1.93. The van der Waals surface area contributed by atoms with Crippen LogP contribution in [0.25, 0.3) is 21.5 Å². The zero-order valence-electron chi connectivity index (χ0n) is 9.65. The highest BCUT2D eigenvalue weighted by atomic mass is 35.5. The fraction of sp³-hybridized carbons (Fsp3) is 0. The van der Waals surface area contributed by atoms with Gasteiger partial charge in [0.05, 0.1) is 15.6 Å². The van der Waals surface area contributed by atoms with Crippen LogP contribution < -0.4 is 0 Å². The Morgan fingerprint density at radius 1 is 0.895 bits per heavy atom. The lowest BCUT2D eigenvalue weighted by Gasteiger charge is -2.07. The van der Waals surface area contributed by atoms with Gasteiger partial charge in [0.15, 0.2) is 0 Å². The number of halogens is 2. The number of fused-ring (bicyclic) bond motifs is 3. The van der Waals surface area contributed by atoms with Gasteiger partial charge in [-0.3, -0.25) is 0 Å². The van der Waals surface area contributed by atoms with Crippen LogP contribution in [0.15, 0.2) is 42.5 Å². The Morgan fingerprint density at radius 3 is 2.37 bits per heavy atom. The number of aromatic carboxylic acids is 1. The second-order valence-electron chi connectivity index (χ2n) is 4.26. The van der Waals surface area contributed by atoms with Crippen LogP contribution in [0.1, 0.15) is 10.4 Å². The van der Waals surface area contributed by atoms with E-state index in [2.05, 4.69) is 0 Å². The maximum atomic E-state index is 11.2. The molecule has 3 aromatic carbocycles. The van der Waals surface area contributed by atoms with Crippen LogP contribution in [0.2, 0.25) is 10.0 Å². The number of hydrogen-bond donors (Lipinski definition) is 1. The summed E-state index contributed by atoms with van der Waals surface area (Å²) in [4.78, 5) is 11.2. The maximum absolute atomic E-state index is 11.2. The first-order valence-electron chi connectivity index (χ1n) is 5.62. The zero-order valence-corrected chi connectivity index (χ0v) is 11.2. The second kappa shape index (κ2) is 4.41. The van der Waals surface area contributed by atoms with Gasteiger partial charge in [-0.05, 0) is 39.7 Å². The number of carboxylic acid groups (broad SMARTS) is 1.